The predicted molar refractivity (Wildman–Crippen MR) is 71.0 cm³/mol. The lowest BCUT2D eigenvalue weighted by Crippen LogP contribution is -2.11. The van der Waals surface area contributed by atoms with Gasteiger partial charge >= 0.3 is 0 Å². The monoisotopic (exact) mass is 259 g/mol. The van der Waals surface area contributed by atoms with Gasteiger partial charge in [0, 0.05) is 6.42 Å². The Bertz CT molecular complexity index is 547. The zero-order chi connectivity index (χ0) is 13.1. The standard InChI is InChI=1S/C14H17N3O2/c1-18-12-5-3-2-4-11(12)14-16-13(17-19-14)8-10-6-7-15-9-10/h2-5,10,15H,6-9H2,1H3. The van der Waals surface area contributed by atoms with E-state index in [1.807, 2.05) is 24.3 Å². The number of methoxy groups -OCH3 is 1. The van der Waals surface area contributed by atoms with Crippen LogP contribution in [-0.2, 0) is 6.42 Å². The summed E-state index contributed by atoms with van der Waals surface area (Å²) in [6.07, 6.45) is 2.05. The average Bonchev–Trinajstić information content (AvgIpc) is 3.11. The van der Waals surface area contributed by atoms with Crippen LogP contribution in [0.15, 0.2) is 28.8 Å². The Balaban J connectivity index is 1.80. The fraction of sp³-hybridized carbons (Fsp3) is 0.429. The van der Waals surface area contributed by atoms with Gasteiger partial charge in [0.15, 0.2) is 5.82 Å². The van der Waals surface area contributed by atoms with E-state index in [9.17, 15) is 0 Å². The number of nitrogens with zero attached hydrogens (tertiary/aromatic N) is 2. The lowest BCUT2D eigenvalue weighted by atomic mass is 10.1. The molecule has 5 nitrogen and oxygen atoms in total. The topological polar surface area (TPSA) is 60.2 Å². The van der Waals surface area contributed by atoms with Gasteiger partial charge in [0.1, 0.15) is 5.75 Å². The Morgan fingerprint density at radius 2 is 2.32 bits per heavy atom. The van der Waals surface area contributed by atoms with Gasteiger partial charge in [0.05, 0.1) is 12.7 Å². The van der Waals surface area contributed by atoms with Crippen LogP contribution >= 0.6 is 0 Å². The number of benzene rings is 1. The highest BCUT2D eigenvalue weighted by Crippen LogP contribution is 2.28. The molecular formula is C14H17N3O2. The second kappa shape index (κ2) is 5.40. The molecule has 1 aliphatic rings. The second-order valence-corrected chi connectivity index (χ2v) is 4.78. The van der Waals surface area contributed by atoms with Crippen LogP contribution in [0.5, 0.6) is 5.75 Å². The summed E-state index contributed by atoms with van der Waals surface area (Å²) < 4.78 is 10.6. The van der Waals surface area contributed by atoms with E-state index < -0.39 is 0 Å². The summed E-state index contributed by atoms with van der Waals surface area (Å²) >= 11 is 0. The van der Waals surface area contributed by atoms with Crippen LogP contribution < -0.4 is 10.1 Å². The van der Waals surface area contributed by atoms with Gasteiger partial charge in [-0.25, -0.2) is 0 Å². The molecule has 19 heavy (non-hydrogen) atoms. The molecule has 1 aromatic heterocycles. The summed E-state index contributed by atoms with van der Waals surface area (Å²) in [4.78, 5) is 4.47. The van der Waals surface area contributed by atoms with Gasteiger partial charge in [-0.1, -0.05) is 17.3 Å². The number of nitrogens with one attached hydrogen (secondary N) is 1. The van der Waals surface area contributed by atoms with Crippen molar-refractivity contribution >= 4 is 0 Å². The molecule has 3 rings (SSSR count). The summed E-state index contributed by atoms with van der Waals surface area (Å²) in [6, 6.07) is 7.67. The molecule has 1 aliphatic heterocycles. The van der Waals surface area contributed by atoms with Crippen LogP contribution in [-0.4, -0.2) is 30.3 Å². The van der Waals surface area contributed by atoms with Crippen molar-refractivity contribution in [3.8, 4) is 17.2 Å². The minimum Gasteiger partial charge on any atom is -0.496 e. The van der Waals surface area contributed by atoms with Crippen LogP contribution in [0.2, 0.25) is 0 Å². The van der Waals surface area contributed by atoms with Crippen LogP contribution in [0.1, 0.15) is 12.2 Å². The number of aromatic nitrogens is 2. The minimum atomic E-state index is 0.526. The maximum atomic E-state index is 5.34. The van der Waals surface area contributed by atoms with E-state index in [0.717, 1.165) is 36.6 Å². The fourth-order valence-electron chi connectivity index (χ4n) is 2.41. The van der Waals surface area contributed by atoms with Crippen LogP contribution in [0.3, 0.4) is 0 Å². The third-order valence-corrected chi connectivity index (χ3v) is 3.44. The first-order valence-corrected chi connectivity index (χ1v) is 6.53. The molecule has 1 saturated heterocycles. The van der Waals surface area contributed by atoms with Crippen LogP contribution in [0.25, 0.3) is 11.5 Å². The Hall–Kier alpha value is -1.88. The molecular weight excluding hydrogens is 242 g/mol. The molecule has 0 aliphatic carbocycles. The van der Waals surface area contributed by atoms with Crippen LogP contribution in [0.4, 0.5) is 0 Å². The fourth-order valence-corrected chi connectivity index (χ4v) is 2.41. The van der Waals surface area contributed by atoms with E-state index in [2.05, 4.69) is 15.5 Å². The number of para-hydroxylation sites is 1. The number of hydrogen-bond acceptors (Lipinski definition) is 5. The minimum absolute atomic E-state index is 0.526. The SMILES string of the molecule is COc1ccccc1-c1nc(CC2CCNC2)no1. The molecule has 1 aromatic carbocycles. The van der Waals surface area contributed by atoms with Gasteiger partial charge in [-0.05, 0) is 37.6 Å². The Morgan fingerprint density at radius 1 is 1.42 bits per heavy atom. The number of ether oxygens (including phenoxy) is 1. The maximum Gasteiger partial charge on any atom is 0.261 e. The van der Waals surface area contributed by atoms with Crippen molar-refractivity contribution in [3.05, 3.63) is 30.1 Å². The van der Waals surface area contributed by atoms with Crippen molar-refractivity contribution in [2.24, 2.45) is 5.92 Å². The molecule has 2 aromatic rings. The number of hydrogen-bond donors (Lipinski definition) is 1. The first-order chi connectivity index (χ1) is 9.36. The molecule has 0 spiro atoms. The summed E-state index contributed by atoms with van der Waals surface area (Å²) in [7, 11) is 1.64. The zero-order valence-corrected chi connectivity index (χ0v) is 10.9. The van der Waals surface area contributed by atoms with Crippen molar-refractivity contribution in [2.75, 3.05) is 20.2 Å². The summed E-state index contributed by atoms with van der Waals surface area (Å²) in [5.41, 5.74) is 0.841. The Kier molecular flexibility index (Phi) is 3.46. The van der Waals surface area contributed by atoms with Gasteiger partial charge in [-0.15, -0.1) is 0 Å². The van der Waals surface area contributed by atoms with Crippen molar-refractivity contribution in [2.45, 2.75) is 12.8 Å². The molecule has 0 saturated carbocycles. The molecule has 100 valence electrons. The highest BCUT2D eigenvalue weighted by Gasteiger charge is 2.19. The molecule has 1 atom stereocenters. The van der Waals surface area contributed by atoms with Crippen molar-refractivity contribution in [1.82, 2.24) is 15.5 Å². The molecule has 2 heterocycles. The van der Waals surface area contributed by atoms with Gasteiger partial charge < -0.3 is 14.6 Å². The van der Waals surface area contributed by atoms with Crippen molar-refractivity contribution < 1.29 is 9.26 Å². The van der Waals surface area contributed by atoms with Gasteiger partial charge in [-0.3, -0.25) is 0 Å². The van der Waals surface area contributed by atoms with Crippen molar-refractivity contribution in [3.63, 3.8) is 0 Å². The smallest absolute Gasteiger partial charge is 0.261 e. The van der Waals surface area contributed by atoms with E-state index in [0.29, 0.717) is 11.8 Å². The quantitative estimate of drug-likeness (QED) is 0.908. The molecule has 5 heteroatoms. The molecule has 1 N–H and O–H groups in total. The number of rotatable bonds is 4. The zero-order valence-electron chi connectivity index (χ0n) is 10.9. The molecule has 1 unspecified atom stereocenters. The highest BCUT2D eigenvalue weighted by atomic mass is 16.5. The van der Waals surface area contributed by atoms with E-state index >= 15 is 0 Å². The summed E-state index contributed by atoms with van der Waals surface area (Å²) in [5.74, 6) is 2.66. The van der Waals surface area contributed by atoms with Crippen molar-refractivity contribution in [1.29, 1.82) is 0 Å². The van der Waals surface area contributed by atoms with E-state index in [1.54, 1.807) is 7.11 Å². The molecule has 0 bridgehead atoms. The summed E-state index contributed by atoms with van der Waals surface area (Å²) in [5, 5.41) is 7.41. The first kappa shape index (κ1) is 12.2. The Morgan fingerprint density at radius 3 is 3.11 bits per heavy atom. The van der Waals surface area contributed by atoms with E-state index in [1.165, 1.54) is 6.42 Å². The van der Waals surface area contributed by atoms with Gasteiger partial charge in [-0.2, -0.15) is 4.98 Å². The van der Waals surface area contributed by atoms with Crippen LogP contribution in [0, 0.1) is 5.92 Å². The van der Waals surface area contributed by atoms with Gasteiger partial charge in [0.2, 0.25) is 0 Å². The van der Waals surface area contributed by atoms with E-state index in [-0.39, 0.29) is 0 Å². The normalized spacial score (nSPS) is 18.7. The molecule has 1 fully saturated rings. The van der Waals surface area contributed by atoms with E-state index in [4.69, 9.17) is 9.26 Å². The Labute approximate surface area is 112 Å². The third kappa shape index (κ3) is 2.61. The maximum absolute atomic E-state index is 5.34. The highest BCUT2D eigenvalue weighted by molar-refractivity contribution is 5.62. The van der Waals surface area contributed by atoms with Gasteiger partial charge in [0.25, 0.3) is 5.89 Å². The molecule has 0 amide bonds. The largest absolute Gasteiger partial charge is 0.496 e. The lowest BCUT2D eigenvalue weighted by molar-refractivity contribution is 0.400. The predicted octanol–water partition coefficient (Wildman–Crippen LogP) is 1.90. The first-order valence-electron chi connectivity index (χ1n) is 6.53. The second-order valence-electron chi connectivity index (χ2n) is 4.78. The third-order valence-electron chi connectivity index (χ3n) is 3.44. The molecule has 0 radical (unpaired) electrons. The summed E-state index contributed by atoms with van der Waals surface area (Å²) in [6.45, 7) is 2.13. The average molecular weight is 259 g/mol. The lowest BCUT2D eigenvalue weighted by Gasteiger charge is -2.03.